The molecule has 1 N–H and O–H groups in total. The van der Waals surface area contributed by atoms with Gasteiger partial charge in [-0.2, -0.15) is 0 Å². The van der Waals surface area contributed by atoms with Crippen LogP contribution < -0.4 is 4.90 Å². The van der Waals surface area contributed by atoms with E-state index in [1.165, 1.54) is 0 Å². The van der Waals surface area contributed by atoms with Gasteiger partial charge in [0, 0.05) is 30.7 Å². The summed E-state index contributed by atoms with van der Waals surface area (Å²) in [4.78, 5) is 12.4. The van der Waals surface area contributed by atoms with E-state index >= 15 is 0 Å². The first-order valence-corrected chi connectivity index (χ1v) is 5.57. The maximum atomic E-state index is 10.4. The molecule has 0 saturated heterocycles. The molecule has 0 aliphatic heterocycles. The quantitative estimate of drug-likeness (QED) is 0.862. The number of anilines is 1. The Hall–Kier alpha value is -1.22. The van der Waals surface area contributed by atoms with Gasteiger partial charge in [-0.3, -0.25) is 4.79 Å². The van der Waals surface area contributed by atoms with Crippen LogP contribution in [0.4, 0.5) is 5.69 Å². The lowest BCUT2D eigenvalue weighted by Gasteiger charge is -2.19. The number of carboxylic acids is 1. The summed E-state index contributed by atoms with van der Waals surface area (Å²) in [6.07, 6.45) is 0.835. The van der Waals surface area contributed by atoms with Crippen LogP contribution in [0.5, 0.6) is 0 Å². The second kappa shape index (κ2) is 5.75. The molecule has 0 saturated carbocycles. The van der Waals surface area contributed by atoms with Crippen molar-refractivity contribution in [2.45, 2.75) is 19.8 Å². The van der Waals surface area contributed by atoms with Crippen LogP contribution in [0.1, 0.15) is 18.4 Å². The molecule has 3 nitrogen and oxygen atoms in total. The zero-order valence-corrected chi connectivity index (χ0v) is 10.3. The Balaban J connectivity index is 2.55. The second-order valence-corrected chi connectivity index (χ2v) is 4.26. The SMILES string of the molecule is Cc1ccc(N(C)CCCC(=O)O)cc1Cl. The van der Waals surface area contributed by atoms with Crippen LogP contribution >= 0.6 is 11.6 Å². The molecule has 0 aliphatic carbocycles. The van der Waals surface area contributed by atoms with Gasteiger partial charge in [0.2, 0.25) is 0 Å². The van der Waals surface area contributed by atoms with Gasteiger partial charge in [0.05, 0.1) is 0 Å². The van der Waals surface area contributed by atoms with E-state index in [4.69, 9.17) is 16.7 Å². The minimum atomic E-state index is -0.754. The van der Waals surface area contributed by atoms with E-state index in [2.05, 4.69) is 0 Å². The average Bonchev–Trinajstić information content (AvgIpc) is 2.21. The number of hydrogen-bond acceptors (Lipinski definition) is 2. The molecule has 0 amide bonds. The highest BCUT2D eigenvalue weighted by Crippen LogP contribution is 2.22. The number of benzene rings is 1. The maximum absolute atomic E-state index is 10.4. The molecular weight excluding hydrogens is 226 g/mol. The number of hydrogen-bond donors (Lipinski definition) is 1. The number of carbonyl (C=O) groups is 1. The van der Waals surface area contributed by atoms with Gasteiger partial charge in [-0.05, 0) is 31.0 Å². The summed E-state index contributed by atoms with van der Waals surface area (Å²) in [6.45, 7) is 2.67. The monoisotopic (exact) mass is 241 g/mol. The predicted octanol–water partition coefficient (Wildman–Crippen LogP) is 2.95. The molecule has 0 heterocycles. The van der Waals surface area contributed by atoms with Gasteiger partial charge >= 0.3 is 5.97 Å². The molecule has 1 rings (SSSR count). The number of aryl methyl sites for hydroxylation is 1. The lowest BCUT2D eigenvalue weighted by molar-refractivity contribution is -0.137. The van der Waals surface area contributed by atoms with Crippen molar-refractivity contribution in [1.29, 1.82) is 0 Å². The minimum Gasteiger partial charge on any atom is -0.481 e. The molecule has 1 aromatic rings. The highest BCUT2D eigenvalue weighted by Gasteiger charge is 2.04. The first-order chi connectivity index (χ1) is 7.50. The molecule has 0 radical (unpaired) electrons. The Kier molecular flexibility index (Phi) is 4.62. The molecular formula is C12H16ClNO2. The number of aliphatic carboxylic acids is 1. The van der Waals surface area contributed by atoms with E-state index in [9.17, 15) is 4.79 Å². The van der Waals surface area contributed by atoms with Gasteiger partial charge in [-0.1, -0.05) is 17.7 Å². The van der Waals surface area contributed by atoms with E-state index < -0.39 is 5.97 Å². The van der Waals surface area contributed by atoms with Crippen LogP contribution in [0, 0.1) is 6.92 Å². The van der Waals surface area contributed by atoms with Crippen molar-refractivity contribution in [2.75, 3.05) is 18.5 Å². The van der Waals surface area contributed by atoms with Gasteiger partial charge < -0.3 is 10.0 Å². The molecule has 4 heteroatoms. The Bertz CT molecular complexity index is 379. The highest BCUT2D eigenvalue weighted by molar-refractivity contribution is 6.31. The van der Waals surface area contributed by atoms with Crippen LogP contribution in [0.15, 0.2) is 18.2 Å². The van der Waals surface area contributed by atoms with Crippen molar-refractivity contribution in [2.24, 2.45) is 0 Å². The predicted molar refractivity (Wildman–Crippen MR) is 66.3 cm³/mol. The van der Waals surface area contributed by atoms with Crippen molar-refractivity contribution in [1.82, 2.24) is 0 Å². The van der Waals surface area contributed by atoms with E-state index in [0.29, 0.717) is 13.0 Å². The van der Waals surface area contributed by atoms with Crippen molar-refractivity contribution in [3.63, 3.8) is 0 Å². The third-order valence-electron chi connectivity index (χ3n) is 2.48. The maximum Gasteiger partial charge on any atom is 0.303 e. The van der Waals surface area contributed by atoms with Crippen molar-refractivity contribution in [3.05, 3.63) is 28.8 Å². The number of nitrogens with zero attached hydrogens (tertiary/aromatic N) is 1. The molecule has 0 fully saturated rings. The largest absolute Gasteiger partial charge is 0.481 e. The van der Waals surface area contributed by atoms with E-state index in [1.807, 2.05) is 37.1 Å². The summed E-state index contributed by atoms with van der Waals surface area (Å²) >= 11 is 6.02. The Morgan fingerprint density at radius 3 is 2.75 bits per heavy atom. The Labute approximate surface area is 101 Å². The first-order valence-electron chi connectivity index (χ1n) is 5.20. The summed E-state index contributed by atoms with van der Waals surface area (Å²) in [5, 5.41) is 9.28. The lowest BCUT2D eigenvalue weighted by atomic mass is 10.2. The fraction of sp³-hybridized carbons (Fsp3) is 0.417. The van der Waals surface area contributed by atoms with Crippen molar-refractivity contribution >= 4 is 23.3 Å². The molecule has 0 bridgehead atoms. The third kappa shape index (κ3) is 3.74. The fourth-order valence-corrected chi connectivity index (χ4v) is 1.59. The lowest BCUT2D eigenvalue weighted by Crippen LogP contribution is -2.19. The zero-order valence-electron chi connectivity index (χ0n) is 9.53. The summed E-state index contributed by atoms with van der Waals surface area (Å²) in [7, 11) is 1.93. The van der Waals surface area contributed by atoms with E-state index in [1.54, 1.807) is 0 Å². The number of carboxylic acid groups (broad SMARTS) is 1. The molecule has 0 unspecified atom stereocenters. The summed E-state index contributed by atoms with van der Waals surface area (Å²) in [5.74, 6) is -0.754. The van der Waals surface area contributed by atoms with E-state index in [0.717, 1.165) is 16.3 Å². The van der Waals surface area contributed by atoms with Crippen LogP contribution in [0.2, 0.25) is 5.02 Å². The van der Waals surface area contributed by atoms with Gasteiger partial charge in [0.1, 0.15) is 0 Å². The van der Waals surface area contributed by atoms with Gasteiger partial charge in [0.25, 0.3) is 0 Å². The Morgan fingerprint density at radius 2 is 2.19 bits per heavy atom. The Morgan fingerprint density at radius 1 is 1.50 bits per heavy atom. The smallest absolute Gasteiger partial charge is 0.303 e. The summed E-state index contributed by atoms with van der Waals surface area (Å²) in [6, 6.07) is 5.85. The average molecular weight is 242 g/mol. The number of halogens is 1. The second-order valence-electron chi connectivity index (χ2n) is 3.85. The van der Waals surface area contributed by atoms with Crippen LogP contribution in [-0.2, 0) is 4.79 Å². The first kappa shape index (κ1) is 12.8. The molecule has 0 aromatic heterocycles. The molecule has 0 spiro atoms. The van der Waals surface area contributed by atoms with Gasteiger partial charge in [-0.25, -0.2) is 0 Å². The topological polar surface area (TPSA) is 40.5 Å². The number of rotatable bonds is 5. The zero-order chi connectivity index (χ0) is 12.1. The van der Waals surface area contributed by atoms with Gasteiger partial charge in [-0.15, -0.1) is 0 Å². The third-order valence-corrected chi connectivity index (χ3v) is 2.89. The van der Waals surface area contributed by atoms with Gasteiger partial charge in [0.15, 0.2) is 0 Å². The van der Waals surface area contributed by atoms with Crippen molar-refractivity contribution in [3.8, 4) is 0 Å². The standard InChI is InChI=1S/C12H16ClNO2/c1-9-5-6-10(8-11(9)13)14(2)7-3-4-12(15)16/h5-6,8H,3-4,7H2,1-2H3,(H,15,16). The fourth-order valence-electron chi connectivity index (χ4n) is 1.42. The summed E-state index contributed by atoms with van der Waals surface area (Å²) < 4.78 is 0. The van der Waals surface area contributed by atoms with Crippen LogP contribution in [-0.4, -0.2) is 24.7 Å². The molecule has 88 valence electrons. The highest BCUT2D eigenvalue weighted by atomic mass is 35.5. The van der Waals surface area contributed by atoms with E-state index in [-0.39, 0.29) is 6.42 Å². The summed E-state index contributed by atoms with van der Waals surface area (Å²) in [5.41, 5.74) is 2.06. The molecule has 0 atom stereocenters. The molecule has 0 aliphatic rings. The molecule has 1 aromatic carbocycles. The normalized spacial score (nSPS) is 10.2. The van der Waals surface area contributed by atoms with Crippen LogP contribution in [0.25, 0.3) is 0 Å². The van der Waals surface area contributed by atoms with Crippen molar-refractivity contribution < 1.29 is 9.90 Å². The molecule has 16 heavy (non-hydrogen) atoms. The minimum absolute atomic E-state index is 0.198. The van der Waals surface area contributed by atoms with Crippen LogP contribution in [0.3, 0.4) is 0 Å².